The number of rotatable bonds is 4. The molecule has 2 heterocycles. The summed E-state index contributed by atoms with van der Waals surface area (Å²) in [5.74, 6) is -1.69. The van der Waals surface area contributed by atoms with E-state index < -0.39 is 34.0 Å². The minimum absolute atomic E-state index is 0.120. The summed E-state index contributed by atoms with van der Waals surface area (Å²) >= 11 is 0. The SMILES string of the molecule is CC1(C)CC(C(=O)N(CCN)C(=O)C2CC(C)(C)N(O)C2(C)C)C(C)(C)N1O. The molecule has 0 aromatic carbocycles. The van der Waals surface area contributed by atoms with Crippen molar-refractivity contribution in [3.05, 3.63) is 0 Å². The first kappa shape index (κ1) is 23.2. The Balaban J connectivity index is 2.36. The summed E-state index contributed by atoms with van der Waals surface area (Å²) in [5.41, 5.74) is 2.98. The van der Waals surface area contributed by atoms with Crippen LogP contribution in [-0.4, -0.2) is 72.5 Å². The van der Waals surface area contributed by atoms with Gasteiger partial charge in [0.15, 0.2) is 0 Å². The van der Waals surface area contributed by atoms with Crippen LogP contribution in [0.15, 0.2) is 0 Å². The van der Waals surface area contributed by atoms with Crippen molar-refractivity contribution >= 4 is 11.8 Å². The summed E-state index contributed by atoms with van der Waals surface area (Å²) < 4.78 is 0. The average Bonchev–Trinajstić information content (AvgIpc) is 2.85. The molecule has 2 unspecified atom stereocenters. The summed E-state index contributed by atoms with van der Waals surface area (Å²) in [6.07, 6.45) is 0.880. The van der Waals surface area contributed by atoms with E-state index in [1.54, 1.807) is 0 Å². The molecule has 0 saturated carbocycles. The van der Waals surface area contributed by atoms with Crippen LogP contribution < -0.4 is 5.73 Å². The lowest BCUT2D eigenvalue weighted by Crippen LogP contribution is -2.55. The van der Waals surface area contributed by atoms with Gasteiger partial charge in [-0.2, -0.15) is 10.1 Å². The van der Waals surface area contributed by atoms with Crippen LogP contribution in [0.3, 0.4) is 0 Å². The average molecular weight is 399 g/mol. The van der Waals surface area contributed by atoms with E-state index in [1.807, 2.05) is 55.4 Å². The first-order valence-corrected chi connectivity index (χ1v) is 10.1. The summed E-state index contributed by atoms with van der Waals surface area (Å²) in [4.78, 5) is 28.2. The predicted molar refractivity (Wildman–Crippen MR) is 106 cm³/mol. The van der Waals surface area contributed by atoms with Crippen LogP contribution >= 0.6 is 0 Å². The molecular weight excluding hydrogens is 360 g/mol. The fourth-order valence-corrected chi connectivity index (χ4v) is 5.14. The minimum atomic E-state index is -0.804. The maximum absolute atomic E-state index is 13.5. The highest BCUT2D eigenvalue weighted by Gasteiger charge is 2.58. The molecule has 0 aromatic rings. The van der Waals surface area contributed by atoms with Gasteiger partial charge in [-0.1, -0.05) is 0 Å². The Morgan fingerprint density at radius 1 is 0.857 bits per heavy atom. The van der Waals surface area contributed by atoms with Gasteiger partial charge in [-0.05, 0) is 68.2 Å². The van der Waals surface area contributed by atoms with E-state index in [1.165, 1.54) is 15.0 Å². The van der Waals surface area contributed by atoms with E-state index in [2.05, 4.69) is 0 Å². The van der Waals surface area contributed by atoms with Gasteiger partial charge in [0.05, 0.1) is 22.9 Å². The van der Waals surface area contributed by atoms with E-state index in [0.29, 0.717) is 12.8 Å². The van der Waals surface area contributed by atoms with Gasteiger partial charge in [0.2, 0.25) is 11.8 Å². The van der Waals surface area contributed by atoms with Gasteiger partial charge < -0.3 is 16.1 Å². The molecule has 4 N–H and O–H groups in total. The highest BCUT2D eigenvalue weighted by molar-refractivity contribution is 5.98. The zero-order valence-electron chi connectivity index (χ0n) is 18.6. The standard InChI is InChI=1S/C20H38N4O4/c1-17(2)11-13(19(5,6)23(17)27)15(25)22(10-9-21)16(26)14-12-18(3,4)24(28)20(14,7)8/h13-14,27-28H,9-12,21H2,1-8H3. The molecule has 2 fully saturated rings. The summed E-state index contributed by atoms with van der Waals surface area (Å²) in [6.45, 7) is 15.0. The van der Waals surface area contributed by atoms with Crippen LogP contribution in [0.25, 0.3) is 0 Å². The molecule has 2 aliphatic heterocycles. The molecule has 0 aromatic heterocycles. The minimum Gasteiger partial charge on any atom is -0.329 e. The third kappa shape index (κ3) is 3.50. The van der Waals surface area contributed by atoms with Crippen LogP contribution in [0.4, 0.5) is 0 Å². The molecular formula is C20H38N4O4. The summed E-state index contributed by atoms with van der Waals surface area (Å²) in [5, 5.41) is 23.6. The molecule has 2 saturated heterocycles. The zero-order chi connectivity index (χ0) is 21.9. The highest BCUT2D eigenvalue weighted by atomic mass is 16.5. The van der Waals surface area contributed by atoms with Crippen molar-refractivity contribution in [2.75, 3.05) is 13.1 Å². The number of nitrogens with two attached hydrogens (primary N) is 1. The quantitative estimate of drug-likeness (QED) is 0.620. The normalized spacial score (nSPS) is 31.1. The first-order chi connectivity index (χ1) is 12.5. The van der Waals surface area contributed by atoms with Gasteiger partial charge in [-0.3, -0.25) is 14.5 Å². The zero-order valence-corrected chi connectivity index (χ0v) is 18.6. The Labute approximate surface area is 168 Å². The molecule has 0 bridgehead atoms. The number of carbonyl (C=O) groups excluding carboxylic acids is 2. The van der Waals surface area contributed by atoms with Gasteiger partial charge in [-0.25, -0.2) is 0 Å². The second kappa shape index (κ2) is 7.02. The van der Waals surface area contributed by atoms with Crippen molar-refractivity contribution in [2.45, 2.75) is 90.4 Å². The topological polar surface area (TPSA) is 110 Å². The van der Waals surface area contributed by atoms with Gasteiger partial charge >= 0.3 is 0 Å². The molecule has 8 heteroatoms. The molecule has 162 valence electrons. The van der Waals surface area contributed by atoms with Gasteiger partial charge in [0.1, 0.15) is 0 Å². The molecule has 2 rings (SSSR count). The molecule has 2 aliphatic rings. The van der Waals surface area contributed by atoms with E-state index in [0.717, 1.165) is 0 Å². The lowest BCUT2D eigenvalue weighted by Gasteiger charge is -2.38. The van der Waals surface area contributed by atoms with Crippen LogP contribution in [0.5, 0.6) is 0 Å². The number of amides is 2. The number of hydrogen-bond acceptors (Lipinski definition) is 7. The maximum Gasteiger partial charge on any atom is 0.234 e. The molecule has 2 amide bonds. The Hall–Kier alpha value is -1.06. The third-order valence-electron chi connectivity index (χ3n) is 6.83. The fraction of sp³-hybridized carbons (Fsp3) is 0.900. The number of nitrogens with zero attached hydrogens (tertiary/aromatic N) is 3. The van der Waals surface area contributed by atoms with Crippen molar-refractivity contribution < 1.29 is 20.0 Å². The second-order valence-electron chi connectivity index (χ2n) is 10.7. The Morgan fingerprint density at radius 3 is 1.39 bits per heavy atom. The number of hydroxylamine groups is 4. The maximum atomic E-state index is 13.5. The Kier molecular flexibility index (Phi) is 5.82. The van der Waals surface area contributed by atoms with Crippen molar-refractivity contribution in [1.29, 1.82) is 0 Å². The van der Waals surface area contributed by atoms with Crippen molar-refractivity contribution in [3.8, 4) is 0 Å². The number of hydrogen-bond donors (Lipinski definition) is 3. The van der Waals surface area contributed by atoms with E-state index in [4.69, 9.17) is 5.73 Å². The third-order valence-corrected chi connectivity index (χ3v) is 6.83. The van der Waals surface area contributed by atoms with Gasteiger partial charge in [0.25, 0.3) is 0 Å². The van der Waals surface area contributed by atoms with E-state index in [9.17, 15) is 20.0 Å². The van der Waals surface area contributed by atoms with Gasteiger partial charge in [0, 0.05) is 24.2 Å². The smallest absolute Gasteiger partial charge is 0.234 e. The molecule has 0 spiro atoms. The predicted octanol–water partition coefficient (Wildman–Crippen LogP) is 1.84. The largest absolute Gasteiger partial charge is 0.329 e. The van der Waals surface area contributed by atoms with E-state index in [-0.39, 0.29) is 24.9 Å². The second-order valence-corrected chi connectivity index (χ2v) is 10.7. The lowest BCUT2D eigenvalue weighted by atomic mass is 9.83. The van der Waals surface area contributed by atoms with E-state index >= 15 is 0 Å². The summed E-state index contributed by atoms with van der Waals surface area (Å²) in [7, 11) is 0. The number of carbonyl (C=O) groups is 2. The van der Waals surface area contributed by atoms with Crippen LogP contribution in [0, 0.1) is 11.8 Å². The van der Waals surface area contributed by atoms with Crippen LogP contribution in [0.2, 0.25) is 0 Å². The molecule has 8 nitrogen and oxygen atoms in total. The first-order valence-electron chi connectivity index (χ1n) is 10.1. The Morgan fingerprint density at radius 2 is 1.18 bits per heavy atom. The molecule has 2 atom stereocenters. The van der Waals surface area contributed by atoms with Crippen molar-refractivity contribution in [2.24, 2.45) is 17.6 Å². The molecule has 28 heavy (non-hydrogen) atoms. The Bertz CT molecular complexity index is 592. The van der Waals surface area contributed by atoms with Crippen LogP contribution in [-0.2, 0) is 9.59 Å². The van der Waals surface area contributed by atoms with Crippen molar-refractivity contribution in [3.63, 3.8) is 0 Å². The molecule has 0 radical (unpaired) electrons. The molecule has 0 aliphatic carbocycles. The summed E-state index contributed by atoms with van der Waals surface area (Å²) in [6, 6.07) is 0. The van der Waals surface area contributed by atoms with Crippen LogP contribution in [0.1, 0.15) is 68.2 Å². The fourth-order valence-electron chi connectivity index (χ4n) is 5.14. The number of imide groups is 1. The van der Waals surface area contributed by atoms with Crippen molar-refractivity contribution in [1.82, 2.24) is 15.0 Å². The van der Waals surface area contributed by atoms with Gasteiger partial charge in [-0.15, -0.1) is 0 Å². The lowest BCUT2D eigenvalue weighted by molar-refractivity contribution is -0.200. The highest BCUT2D eigenvalue weighted by Crippen LogP contribution is 2.46. The monoisotopic (exact) mass is 398 g/mol.